The number of aromatic nitrogens is 2. The van der Waals surface area contributed by atoms with Gasteiger partial charge in [-0.15, -0.1) is 11.3 Å². The molecule has 0 unspecified atom stereocenters. The second kappa shape index (κ2) is 8.30. The number of thiophene rings is 1. The Bertz CT molecular complexity index is 1230. The van der Waals surface area contributed by atoms with Crippen molar-refractivity contribution in [2.75, 3.05) is 18.9 Å². The molecule has 0 atom stereocenters. The monoisotopic (exact) mass is 438 g/mol. The number of carbonyl (C=O) groups is 2. The van der Waals surface area contributed by atoms with Crippen molar-refractivity contribution < 1.29 is 9.59 Å². The zero-order valence-corrected chi connectivity index (χ0v) is 18.0. The van der Waals surface area contributed by atoms with Gasteiger partial charge >= 0.3 is 0 Å². The van der Waals surface area contributed by atoms with E-state index in [9.17, 15) is 9.59 Å². The SMILES string of the molecule is Cc1nn(-c2ccccc2)c2sc(C(=O)N(C)CC(=O)Nc3cccc(Cl)c3)cc12. The van der Waals surface area contributed by atoms with Crippen LogP contribution in [-0.2, 0) is 4.79 Å². The first kappa shape index (κ1) is 20.1. The summed E-state index contributed by atoms with van der Waals surface area (Å²) in [5.41, 5.74) is 2.38. The van der Waals surface area contributed by atoms with E-state index < -0.39 is 0 Å². The minimum Gasteiger partial charge on any atom is -0.332 e. The van der Waals surface area contributed by atoms with Crippen LogP contribution in [0.15, 0.2) is 60.7 Å². The molecule has 6 nitrogen and oxygen atoms in total. The molecule has 1 N–H and O–H groups in total. The summed E-state index contributed by atoms with van der Waals surface area (Å²) < 4.78 is 1.85. The summed E-state index contributed by atoms with van der Waals surface area (Å²) in [5, 5.41) is 8.82. The van der Waals surface area contributed by atoms with Gasteiger partial charge in [0, 0.05) is 23.1 Å². The topological polar surface area (TPSA) is 67.2 Å². The molecule has 0 aliphatic heterocycles. The number of hydrogen-bond acceptors (Lipinski definition) is 4. The molecule has 0 fully saturated rings. The largest absolute Gasteiger partial charge is 0.332 e. The molecule has 4 rings (SSSR count). The first-order valence-corrected chi connectivity index (χ1v) is 10.5. The summed E-state index contributed by atoms with van der Waals surface area (Å²) in [6, 6.07) is 18.5. The first-order chi connectivity index (χ1) is 14.4. The lowest BCUT2D eigenvalue weighted by atomic mass is 10.3. The minimum absolute atomic E-state index is 0.0661. The van der Waals surface area contributed by atoms with Gasteiger partial charge in [-0.3, -0.25) is 9.59 Å². The van der Waals surface area contributed by atoms with Gasteiger partial charge in [0.05, 0.1) is 22.8 Å². The standard InChI is InChI=1S/C22H19ClN4O2S/c1-14-18-12-19(30-22(18)27(25-14)17-9-4-3-5-10-17)21(29)26(2)13-20(28)24-16-8-6-7-15(23)11-16/h3-12H,13H2,1-2H3,(H,24,28). The Hall–Kier alpha value is -3.16. The number of hydrogen-bond donors (Lipinski definition) is 1. The maximum Gasteiger partial charge on any atom is 0.264 e. The van der Waals surface area contributed by atoms with Crippen LogP contribution in [0.3, 0.4) is 0 Å². The van der Waals surface area contributed by atoms with Crippen molar-refractivity contribution in [2.45, 2.75) is 6.92 Å². The number of fused-ring (bicyclic) bond motifs is 1. The summed E-state index contributed by atoms with van der Waals surface area (Å²) >= 11 is 7.31. The average molecular weight is 439 g/mol. The van der Waals surface area contributed by atoms with Gasteiger partial charge in [-0.1, -0.05) is 35.9 Å². The molecule has 8 heteroatoms. The molecule has 0 spiro atoms. The Balaban J connectivity index is 1.52. The molecule has 0 radical (unpaired) electrons. The van der Waals surface area contributed by atoms with Crippen molar-refractivity contribution in [2.24, 2.45) is 0 Å². The quantitative estimate of drug-likeness (QED) is 0.488. The van der Waals surface area contributed by atoms with E-state index in [0.717, 1.165) is 21.6 Å². The number of halogens is 1. The maximum atomic E-state index is 12.9. The van der Waals surface area contributed by atoms with E-state index in [-0.39, 0.29) is 18.4 Å². The number of para-hydroxylation sites is 1. The molecule has 2 aromatic heterocycles. The van der Waals surface area contributed by atoms with Gasteiger partial charge in [-0.2, -0.15) is 5.10 Å². The van der Waals surface area contributed by atoms with Crippen molar-refractivity contribution >= 4 is 50.7 Å². The van der Waals surface area contributed by atoms with Crippen LogP contribution in [0.1, 0.15) is 15.4 Å². The summed E-state index contributed by atoms with van der Waals surface area (Å²) in [4.78, 5) is 28.1. The minimum atomic E-state index is -0.291. The fraction of sp³-hybridized carbons (Fsp3) is 0.136. The van der Waals surface area contributed by atoms with Crippen LogP contribution in [0.25, 0.3) is 15.9 Å². The Kier molecular flexibility index (Phi) is 5.57. The summed E-state index contributed by atoms with van der Waals surface area (Å²) in [7, 11) is 1.61. The number of amides is 2. The second-order valence-electron chi connectivity index (χ2n) is 6.88. The molecule has 0 saturated heterocycles. The van der Waals surface area contributed by atoms with Crippen LogP contribution in [0.2, 0.25) is 5.02 Å². The average Bonchev–Trinajstić information content (AvgIpc) is 3.28. The molecule has 0 aliphatic carbocycles. The molecular formula is C22H19ClN4O2S. The second-order valence-corrected chi connectivity index (χ2v) is 8.35. The van der Waals surface area contributed by atoms with Crippen molar-refractivity contribution in [3.8, 4) is 5.69 Å². The Morgan fingerprint density at radius 1 is 1.13 bits per heavy atom. The molecule has 2 heterocycles. The van der Waals surface area contributed by atoms with E-state index >= 15 is 0 Å². The first-order valence-electron chi connectivity index (χ1n) is 9.28. The number of carbonyl (C=O) groups excluding carboxylic acids is 2. The highest BCUT2D eigenvalue weighted by Gasteiger charge is 2.21. The normalized spacial score (nSPS) is 10.9. The predicted octanol–water partition coefficient (Wildman–Crippen LogP) is 4.76. The van der Waals surface area contributed by atoms with Crippen LogP contribution >= 0.6 is 22.9 Å². The molecule has 0 bridgehead atoms. The van der Waals surface area contributed by atoms with Crippen LogP contribution < -0.4 is 5.32 Å². The Labute approximate surface area is 182 Å². The molecular weight excluding hydrogens is 420 g/mol. The number of likely N-dealkylation sites (N-methyl/N-ethyl adjacent to an activating group) is 1. The van der Waals surface area contributed by atoms with Crippen molar-refractivity contribution in [3.05, 3.63) is 76.3 Å². The molecule has 30 heavy (non-hydrogen) atoms. The Morgan fingerprint density at radius 3 is 2.63 bits per heavy atom. The fourth-order valence-electron chi connectivity index (χ4n) is 3.14. The van der Waals surface area contributed by atoms with E-state index in [1.807, 2.05) is 48.0 Å². The Morgan fingerprint density at radius 2 is 1.90 bits per heavy atom. The highest BCUT2D eigenvalue weighted by Crippen LogP contribution is 2.31. The lowest BCUT2D eigenvalue weighted by Crippen LogP contribution is -2.34. The fourth-order valence-corrected chi connectivity index (χ4v) is 4.51. The van der Waals surface area contributed by atoms with Gasteiger partial charge < -0.3 is 10.2 Å². The number of nitrogens with one attached hydrogen (secondary N) is 1. The summed E-state index contributed by atoms with van der Waals surface area (Å²) in [5.74, 6) is -0.502. The van der Waals surface area contributed by atoms with Crippen molar-refractivity contribution in [3.63, 3.8) is 0 Å². The van der Waals surface area contributed by atoms with Gasteiger partial charge in [0.15, 0.2) is 0 Å². The number of rotatable bonds is 5. The van der Waals surface area contributed by atoms with E-state index in [4.69, 9.17) is 11.6 Å². The third kappa shape index (κ3) is 4.08. The zero-order chi connectivity index (χ0) is 21.3. The molecule has 2 aromatic carbocycles. The molecule has 4 aromatic rings. The highest BCUT2D eigenvalue weighted by atomic mass is 35.5. The van der Waals surface area contributed by atoms with Crippen LogP contribution in [0, 0.1) is 6.92 Å². The maximum absolute atomic E-state index is 12.9. The van der Waals surface area contributed by atoms with Gasteiger partial charge in [0.1, 0.15) is 4.83 Å². The number of nitrogens with zero attached hydrogens (tertiary/aromatic N) is 3. The van der Waals surface area contributed by atoms with E-state index in [1.54, 1.807) is 31.3 Å². The van der Waals surface area contributed by atoms with E-state index in [2.05, 4.69) is 10.4 Å². The van der Waals surface area contributed by atoms with Crippen molar-refractivity contribution in [1.29, 1.82) is 0 Å². The summed E-state index contributed by atoms with van der Waals surface area (Å²) in [6.07, 6.45) is 0. The van der Waals surface area contributed by atoms with Gasteiger partial charge in [-0.05, 0) is 43.3 Å². The van der Waals surface area contributed by atoms with E-state index in [0.29, 0.717) is 15.6 Å². The smallest absolute Gasteiger partial charge is 0.264 e. The van der Waals surface area contributed by atoms with Crippen LogP contribution in [0.4, 0.5) is 5.69 Å². The molecule has 2 amide bonds. The predicted molar refractivity (Wildman–Crippen MR) is 121 cm³/mol. The molecule has 0 saturated carbocycles. The van der Waals surface area contributed by atoms with E-state index in [1.165, 1.54) is 16.2 Å². The summed E-state index contributed by atoms with van der Waals surface area (Å²) in [6.45, 7) is 1.86. The number of benzene rings is 2. The van der Waals surface area contributed by atoms with Crippen molar-refractivity contribution in [1.82, 2.24) is 14.7 Å². The lowest BCUT2D eigenvalue weighted by molar-refractivity contribution is -0.116. The van der Waals surface area contributed by atoms with Crippen LogP contribution in [-0.4, -0.2) is 40.1 Å². The lowest BCUT2D eigenvalue weighted by Gasteiger charge is -2.16. The third-order valence-electron chi connectivity index (χ3n) is 4.59. The number of anilines is 1. The van der Waals surface area contributed by atoms with Gasteiger partial charge in [0.2, 0.25) is 5.91 Å². The van der Waals surface area contributed by atoms with Gasteiger partial charge in [0.25, 0.3) is 5.91 Å². The molecule has 152 valence electrons. The van der Waals surface area contributed by atoms with Crippen LogP contribution in [0.5, 0.6) is 0 Å². The third-order valence-corrected chi connectivity index (χ3v) is 5.93. The highest BCUT2D eigenvalue weighted by molar-refractivity contribution is 7.20. The zero-order valence-electron chi connectivity index (χ0n) is 16.4. The van der Waals surface area contributed by atoms with Gasteiger partial charge in [-0.25, -0.2) is 4.68 Å². The number of aryl methyl sites for hydroxylation is 1. The molecule has 0 aliphatic rings.